The molecule has 0 aromatic rings. The van der Waals surface area contributed by atoms with Gasteiger partial charge in [0.2, 0.25) is 5.91 Å². The number of rotatable bonds is 7. The SMILES string of the molecule is CN(CCCC(=O)O)C(=O)CCC1CCOC1. The Bertz CT molecular complexity index is 261. The van der Waals surface area contributed by atoms with Crippen LogP contribution in [0, 0.1) is 5.92 Å². The molecule has 5 heteroatoms. The number of ether oxygens (including phenoxy) is 1. The Labute approximate surface area is 102 Å². The van der Waals surface area contributed by atoms with E-state index in [9.17, 15) is 9.59 Å². The van der Waals surface area contributed by atoms with E-state index >= 15 is 0 Å². The molecule has 17 heavy (non-hydrogen) atoms. The summed E-state index contributed by atoms with van der Waals surface area (Å²) in [5, 5.41) is 8.49. The van der Waals surface area contributed by atoms with Gasteiger partial charge in [-0.25, -0.2) is 0 Å². The van der Waals surface area contributed by atoms with Gasteiger partial charge in [0.05, 0.1) is 0 Å². The van der Waals surface area contributed by atoms with E-state index < -0.39 is 5.97 Å². The fraction of sp³-hybridized carbons (Fsp3) is 0.833. The summed E-state index contributed by atoms with van der Waals surface area (Å²) in [6.07, 6.45) is 3.11. The highest BCUT2D eigenvalue weighted by atomic mass is 16.5. The largest absolute Gasteiger partial charge is 0.481 e. The quantitative estimate of drug-likeness (QED) is 0.727. The van der Waals surface area contributed by atoms with E-state index in [0.717, 1.165) is 26.1 Å². The van der Waals surface area contributed by atoms with Crippen LogP contribution in [0.5, 0.6) is 0 Å². The Morgan fingerprint density at radius 3 is 2.76 bits per heavy atom. The zero-order chi connectivity index (χ0) is 12.7. The Morgan fingerprint density at radius 2 is 2.18 bits per heavy atom. The van der Waals surface area contributed by atoms with E-state index in [-0.39, 0.29) is 12.3 Å². The lowest BCUT2D eigenvalue weighted by atomic mass is 10.0. The van der Waals surface area contributed by atoms with Gasteiger partial charge in [0, 0.05) is 39.6 Å². The molecule has 1 amide bonds. The van der Waals surface area contributed by atoms with Crippen LogP contribution < -0.4 is 0 Å². The van der Waals surface area contributed by atoms with Crippen molar-refractivity contribution in [2.45, 2.75) is 32.1 Å². The summed E-state index contributed by atoms with van der Waals surface area (Å²) in [5.41, 5.74) is 0. The predicted molar refractivity (Wildman–Crippen MR) is 62.7 cm³/mol. The van der Waals surface area contributed by atoms with Crippen LogP contribution >= 0.6 is 0 Å². The van der Waals surface area contributed by atoms with Crippen molar-refractivity contribution >= 4 is 11.9 Å². The molecule has 0 spiro atoms. The van der Waals surface area contributed by atoms with Crippen LogP contribution in [-0.4, -0.2) is 48.7 Å². The molecule has 1 unspecified atom stereocenters. The van der Waals surface area contributed by atoms with Crippen LogP contribution in [0.1, 0.15) is 32.1 Å². The van der Waals surface area contributed by atoms with E-state index in [4.69, 9.17) is 9.84 Å². The van der Waals surface area contributed by atoms with Crippen molar-refractivity contribution in [1.29, 1.82) is 0 Å². The highest BCUT2D eigenvalue weighted by Crippen LogP contribution is 2.18. The molecule has 0 bridgehead atoms. The molecule has 0 radical (unpaired) electrons. The predicted octanol–water partition coefficient (Wildman–Crippen LogP) is 1.13. The molecule has 1 aliphatic heterocycles. The van der Waals surface area contributed by atoms with Crippen molar-refractivity contribution in [2.24, 2.45) is 5.92 Å². The van der Waals surface area contributed by atoms with E-state index in [0.29, 0.717) is 25.3 Å². The maximum atomic E-state index is 11.7. The topological polar surface area (TPSA) is 66.8 Å². The zero-order valence-electron chi connectivity index (χ0n) is 10.4. The van der Waals surface area contributed by atoms with Crippen LogP contribution in [0.3, 0.4) is 0 Å². The van der Waals surface area contributed by atoms with Gasteiger partial charge in [-0.15, -0.1) is 0 Å². The summed E-state index contributed by atoms with van der Waals surface area (Å²) < 4.78 is 5.25. The van der Waals surface area contributed by atoms with Gasteiger partial charge in [0.25, 0.3) is 0 Å². The van der Waals surface area contributed by atoms with Gasteiger partial charge in [-0.3, -0.25) is 9.59 Å². The average molecular weight is 243 g/mol. The number of carboxylic acid groups (broad SMARTS) is 1. The molecule has 5 nitrogen and oxygen atoms in total. The second kappa shape index (κ2) is 7.27. The normalized spacial score (nSPS) is 19.2. The first-order valence-electron chi connectivity index (χ1n) is 6.13. The molecular weight excluding hydrogens is 222 g/mol. The molecule has 1 fully saturated rings. The Hall–Kier alpha value is -1.10. The Morgan fingerprint density at radius 1 is 1.41 bits per heavy atom. The molecular formula is C12H21NO4. The molecule has 0 aromatic carbocycles. The van der Waals surface area contributed by atoms with Crippen molar-refractivity contribution in [1.82, 2.24) is 4.90 Å². The molecule has 98 valence electrons. The summed E-state index contributed by atoms with van der Waals surface area (Å²) in [7, 11) is 1.73. The number of amides is 1. The van der Waals surface area contributed by atoms with Crippen LogP contribution in [0.25, 0.3) is 0 Å². The van der Waals surface area contributed by atoms with Gasteiger partial charge in [0.1, 0.15) is 0 Å². The maximum absolute atomic E-state index is 11.7. The molecule has 1 aliphatic rings. The smallest absolute Gasteiger partial charge is 0.303 e. The second-order valence-corrected chi connectivity index (χ2v) is 4.58. The van der Waals surface area contributed by atoms with Crippen molar-refractivity contribution in [2.75, 3.05) is 26.8 Å². The van der Waals surface area contributed by atoms with Crippen LogP contribution in [0.4, 0.5) is 0 Å². The van der Waals surface area contributed by atoms with Crippen molar-refractivity contribution in [3.8, 4) is 0 Å². The number of carboxylic acids is 1. The van der Waals surface area contributed by atoms with Crippen LogP contribution in [0.15, 0.2) is 0 Å². The maximum Gasteiger partial charge on any atom is 0.303 e. The monoisotopic (exact) mass is 243 g/mol. The highest BCUT2D eigenvalue weighted by molar-refractivity contribution is 5.75. The first-order valence-corrected chi connectivity index (χ1v) is 6.13. The van der Waals surface area contributed by atoms with Gasteiger partial charge in [0.15, 0.2) is 0 Å². The van der Waals surface area contributed by atoms with E-state index in [1.807, 2.05) is 0 Å². The minimum Gasteiger partial charge on any atom is -0.481 e. The van der Waals surface area contributed by atoms with Crippen LogP contribution in [-0.2, 0) is 14.3 Å². The number of hydrogen-bond donors (Lipinski definition) is 1. The highest BCUT2D eigenvalue weighted by Gasteiger charge is 2.18. The fourth-order valence-electron chi connectivity index (χ4n) is 1.92. The number of aliphatic carboxylic acids is 1. The number of hydrogen-bond acceptors (Lipinski definition) is 3. The zero-order valence-corrected chi connectivity index (χ0v) is 10.4. The third kappa shape index (κ3) is 5.68. The molecule has 1 N–H and O–H groups in total. The van der Waals surface area contributed by atoms with Gasteiger partial charge < -0.3 is 14.7 Å². The number of carbonyl (C=O) groups is 2. The number of nitrogens with zero attached hydrogens (tertiary/aromatic N) is 1. The van der Waals surface area contributed by atoms with Gasteiger partial charge >= 0.3 is 5.97 Å². The molecule has 1 saturated heterocycles. The number of carbonyl (C=O) groups excluding carboxylic acids is 1. The van der Waals surface area contributed by atoms with Crippen molar-refractivity contribution in [3.05, 3.63) is 0 Å². The van der Waals surface area contributed by atoms with E-state index in [2.05, 4.69) is 0 Å². The van der Waals surface area contributed by atoms with E-state index in [1.54, 1.807) is 11.9 Å². The molecule has 0 aromatic heterocycles. The third-order valence-electron chi connectivity index (χ3n) is 3.10. The summed E-state index contributed by atoms with van der Waals surface area (Å²) in [6.45, 7) is 2.11. The summed E-state index contributed by atoms with van der Waals surface area (Å²) in [6, 6.07) is 0. The molecule has 0 aliphatic carbocycles. The fourth-order valence-corrected chi connectivity index (χ4v) is 1.92. The van der Waals surface area contributed by atoms with Crippen molar-refractivity contribution < 1.29 is 19.4 Å². The van der Waals surface area contributed by atoms with E-state index in [1.165, 1.54) is 0 Å². The first kappa shape index (κ1) is 14.0. The average Bonchev–Trinajstić information content (AvgIpc) is 2.78. The summed E-state index contributed by atoms with van der Waals surface area (Å²) in [4.78, 5) is 23.7. The summed E-state index contributed by atoms with van der Waals surface area (Å²) in [5.74, 6) is -0.192. The summed E-state index contributed by atoms with van der Waals surface area (Å²) >= 11 is 0. The lowest BCUT2D eigenvalue weighted by molar-refractivity contribution is -0.138. The van der Waals surface area contributed by atoms with Crippen molar-refractivity contribution in [3.63, 3.8) is 0 Å². The molecule has 1 heterocycles. The standard InChI is InChI=1S/C12H21NO4/c1-13(7-2-3-12(15)16)11(14)5-4-10-6-8-17-9-10/h10H,2-9H2,1H3,(H,15,16). The Kier molecular flexibility index (Phi) is 5.97. The first-order chi connectivity index (χ1) is 8.09. The minimum absolute atomic E-state index is 0.0993. The Balaban J connectivity index is 2.10. The van der Waals surface area contributed by atoms with Crippen LogP contribution in [0.2, 0.25) is 0 Å². The lowest BCUT2D eigenvalue weighted by Crippen LogP contribution is -2.28. The lowest BCUT2D eigenvalue weighted by Gasteiger charge is -2.17. The second-order valence-electron chi connectivity index (χ2n) is 4.58. The van der Waals surface area contributed by atoms with Gasteiger partial charge in [-0.2, -0.15) is 0 Å². The third-order valence-corrected chi connectivity index (χ3v) is 3.10. The van der Waals surface area contributed by atoms with Gasteiger partial charge in [-0.05, 0) is 25.2 Å². The molecule has 1 atom stereocenters. The molecule has 1 rings (SSSR count). The minimum atomic E-state index is -0.811. The van der Waals surface area contributed by atoms with Gasteiger partial charge in [-0.1, -0.05) is 0 Å². The molecule has 0 saturated carbocycles.